The minimum absolute atomic E-state index is 0. The van der Waals surface area contributed by atoms with Gasteiger partial charge in [0.2, 0.25) is 0 Å². The first-order valence-electron chi connectivity index (χ1n) is 13.6. The van der Waals surface area contributed by atoms with E-state index in [0.29, 0.717) is 0 Å². The normalized spacial score (nSPS) is 12.5. The second kappa shape index (κ2) is 28.8. The summed E-state index contributed by atoms with van der Waals surface area (Å²) in [6, 6.07) is 0. The van der Waals surface area contributed by atoms with Crippen LogP contribution in [0, 0.1) is 0 Å². The van der Waals surface area contributed by atoms with Crippen LogP contribution in [0.15, 0.2) is 0 Å². The number of ether oxygens (including phenoxy) is 4. The van der Waals surface area contributed by atoms with Crippen LogP contribution in [0.4, 0.5) is 9.59 Å². The summed E-state index contributed by atoms with van der Waals surface area (Å²) in [5.41, 5.74) is 0. The molecule has 0 aromatic carbocycles. The zero-order valence-corrected chi connectivity index (χ0v) is 33.1. The molecule has 2 N–H and O–H groups in total. The Morgan fingerprint density at radius 3 is 1.09 bits per heavy atom. The number of hydrogen-bond acceptors (Lipinski definition) is 14. The van der Waals surface area contributed by atoms with Crippen LogP contribution in [0.2, 0.25) is 0 Å². The van der Waals surface area contributed by atoms with E-state index in [1.165, 1.54) is 0 Å². The molecule has 0 saturated carbocycles. The minimum atomic E-state index is -4.11. The van der Waals surface area contributed by atoms with Crippen LogP contribution in [0.3, 0.4) is 0 Å². The molecule has 18 nitrogen and oxygen atoms in total. The van der Waals surface area contributed by atoms with Crippen LogP contribution < -0.4 is 68.9 Å². The average Bonchev–Trinajstić information content (AvgIpc) is 2.92. The SMILES string of the molecule is CCOC(=O)CCN(CP(=O)([O-])CCC(=O)O)C(=O)OCC.CCOC(=O)CCN(CP(=O)([O-])CCC(=O)O)C(=O)OCC.[Na+].[Na+]. The van der Waals surface area contributed by atoms with Crippen molar-refractivity contribution >= 4 is 50.8 Å². The van der Waals surface area contributed by atoms with Crippen molar-refractivity contribution < 1.29 is 136 Å². The largest absolute Gasteiger partial charge is 1.00 e. The molecular formula is C24H42N2Na2O16P2. The summed E-state index contributed by atoms with van der Waals surface area (Å²) in [6.07, 6.45) is -5.70. The van der Waals surface area contributed by atoms with E-state index in [-0.39, 0.29) is 111 Å². The average molecular weight is 723 g/mol. The third-order valence-electron chi connectivity index (χ3n) is 4.94. The molecule has 0 rings (SSSR count). The van der Waals surface area contributed by atoms with E-state index in [2.05, 4.69) is 0 Å². The van der Waals surface area contributed by atoms with Crippen molar-refractivity contribution in [3.05, 3.63) is 0 Å². The number of aliphatic carboxylic acids is 2. The Morgan fingerprint density at radius 1 is 0.565 bits per heavy atom. The Hall–Kier alpha value is -1.20. The fourth-order valence-electron chi connectivity index (χ4n) is 2.98. The van der Waals surface area contributed by atoms with Crippen LogP contribution in [-0.4, -0.2) is 120 Å². The van der Waals surface area contributed by atoms with Gasteiger partial charge in [0.15, 0.2) is 0 Å². The molecular weight excluding hydrogens is 680 g/mol. The zero-order chi connectivity index (χ0) is 34.3. The maximum atomic E-state index is 11.8. The summed E-state index contributed by atoms with van der Waals surface area (Å²) in [6.45, 7) is 6.45. The molecule has 0 aliphatic carbocycles. The molecule has 256 valence electrons. The quantitative estimate of drug-likeness (QED) is 0.0515. The Bertz CT molecular complexity index is 970. The maximum absolute atomic E-state index is 11.8. The molecule has 0 aliphatic heterocycles. The summed E-state index contributed by atoms with van der Waals surface area (Å²) < 4.78 is 42.5. The van der Waals surface area contributed by atoms with Gasteiger partial charge in [0.05, 0.1) is 64.7 Å². The number of hydrogen-bond donors (Lipinski definition) is 2. The van der Waals surface area contributed by atoms with Gasteiger partial charge in [-0.25, -0.2) is 9.59 Å². The van der Waals surface area contributed by atoms with E-state index >= 15 is 0 Å². The number of esters is 2. The number of carbonyl (C=O) groups excluding carboxylic acids is 4. The van der Waals surface area contributed by atoms with Gasteiger partial charge in [-0.1, -0.05) is 0 Å². The van der Waals surface area contributed by atoms with Gasteiger partial charge in [0.25, 0.3) is 0 Å². The number of carboxylic acids is 2. The molecule has 2 unspecified atom stereocenters. The molecule has 46 heavy (non-hydrogen) atoms. The van der Waals surface area contributed by atoms with Gasteiger partial charge in [-0.15, -0.1) is 0 Å². The Morgan fingerprint density at radius 2 is 0.848 bits per heavy atom. The molecule has 0 saturated heterocycles. The summed E-state index contributed by atoms with van der Waals surface area (Å²) in [4.78, 5) is 92.2. The summed E-state index contributed by atoms with van der Waals surface area (Å²) in [7, 11) is -8.23. The van der Waals surface area contributed by atoms with Crippen LogP contribution in [0.25, 0.3) is 0 Å². The first-order chi connectivity index (χ1) is 20.4. The zero-order valence-electron chi connectivity index (χ0n) is 27.3. The van der Waals surface area contributed by atoms with Crippen molar-refractivity contribution in [3.8, 4) is 0 Å². The van der Waals surface area contributed by atoms with Crippen LogP contribution in [-0.2, 0) is 47.3 Å². The van der Waals surface area contributed by atoms with Crippen LogP contribution in [0.1, 0.15) is 53.4 Å². The number of nitrogens with zero attached hydrogens (tertiary/aromatic N) is 2. The molecule has 0 heterocycles. The van der Waals surface area contributed by atoms with Gasteiger partial charge < -0.3 is 57.9 Å². The summed E-state index contributed by atoms with van der Waals surface area (Å²) in [5, 5.41) is 17.0. The van der Waals surface area contributed by atoms with Gasteiger partial charge in [0.1, 0.15) is 0 Å². The van der Waals surface area contributed by atoms with Crippen molar-refractivity contribution in [2.45, 2.75) is 53.4 Å². The molecule has 22 heteroatoms. The predicted molar refractivity (Wildman–Crippen MR) is 149 cm³/mol. The molecule has 0 radical (unpaired) electrons. The smallest absolute Gasteiger partial charge is 0.798 e. The number of carbonyl (C=O) groups is 6. The first kappa shape index (κ1) is 51.6. The fraction of sp³-hybridized carbons (Fsp3) is 0.750. The summed E-state index contributed by atoms with van der Waals surface area (Å²) in [5.74, 6) is -3.62. The molecule has 0 fully saturated rings. The topological polar surface area (TPSA) is 267 Å². The number of amides is 2. The maximum Gasteiger partial charge on any atom is 1.00 e. The van der Waals surface area contributed by atoms with E-state index in [1.54, 1.807) is 27.7 Å². The van der Waals surface area contributed by atoms with E-state index in [1.807, 2.05) is 0 Å². The predicted octanol–water partition coefficient (Wildman–Crippen LogP) is -5.05. The van der Waals surface area contributed by atoms with Gasteiger partial charge >= 0.3 is 95.2 Å². The van der Waals surface area contributed by atoms with Gasteiger partial charge in [-0.3, -0.25) is 19.2 Å². The third kappa shape index (κ3) is 29.0. The molecule has 0 aliphatic rings. The molecule has 2 amide bonds. The van der Waals surface area contributed by atoms with Crippen molar-refractivity contribution in [3.63, 3.8) is 0 Å². The third-order valence-corrected chi connectivity index (χ3v) is 8.29. The van der Waals surface area contributed by atoms with E-state index in [4.69, 9.17) is 29.2 Å². The molecule has 0 bridgehead atoms. The van der Waals surface area contributed by atoms with Crippen molar-refractivity contribution in [2.24, 2.45) is 0 Å². The van der Waals surface area contributed by atoms with Gasteiger partial charge in [-0.05, 0) is 27.7 Å². The fourth-order valence-corrected chi connectivity index (χ4v) is 5.88. The van der Waals surface area contributed by atoms with Crippen LogP contribution >= 0.6 is 14.7 Å². The van der Waals surface area contributed by atoms with E-state index in [0.717, 1.165) is 9.80 Å². The number of rotatable bonds is 20. The van der Waals surface area contributed by atoms with E-state index in [9.17, 15) is 47.7 Å². The van der Waals surface area contributed by atoms with Gasteiger partial charge in [0, 0.05) is 40.2 Å². The Labute approximate surface area is 312 Å². The molecule has 0 spiro atoms. The van der Waals surface area contributed by atoms with Crippen LogP contribution in [0.5, 0.6) is 0 Å². The first-order valence-corrected chi connectivity index (χ1v) is 17.6. The Kier molecular flexibility index (Phi) is 32.3. The molecule has 0 aromatic heterocycles. The molecule has 2 atom stereocenters. The number of carboxylic acid groups (broad SMARTS) is 2. The second-order valence-electron chi connectivity index (χ2n) is 8.68. The summed E-state index contributed by atoms with van der Waals surface area (Å²) >= 11 is 0. The van der Waals surface area contributed by atoms with E-state index < -0.39 is 88.5 Å². The monoisotopic (exact) mass is 722 g/mol. The molecule has 0 aromatic rings. The minimum Gasteiger partial charge on any atom is -0.798 e. The second-order valence-corrected chi connectivity index (χ2v) is 13.4. The Balaban J connectivity index is -0.000000367. The van der Waals surface area contributed by atoms with Gasteiger partial charge in [-0.2, -0.15) is 0 Å². The van der Waals surface area contributed by atoms with Crippen molar-refractivity contribution in [2.75, 3.05) is 64.4 Å². The standard InChI is InChI=1S/2C12H22NO8P.2Na/c2*1-3-20-11(16)5-7-13(12(17)21-4-2)9-22(18,19)8-6-10(14)15;;/h2*3-9H2,1-2H3,(H,14,15)(H,18,19);;/q;;2*+1/p-2. The van der Waals surface area contributed by atoms with Crippen molar-refractivity contribution in [1.29, 1.82) is 0 Å². The van der Waals surface area contributed by atoms with Crippen molar-refractivity contribution in [1.82, 2.24) is 9.80 Å².